The average molecular weight is 278 g/mol. The van der Waals surface area contributed by atoms with Gasteiger partial charge in [-0.15, -0.1) is 0 Å². The molecule has 1 atom stereocenters. The fourth-order valence-electron chi connectivity index (χ4n) is 5.58. The third-order valence-electron chi connectivity index (χ3n) is 5.93. The van der Waals surface area contributed by atoms with Crippen molar-refractivity contribution < 1.29 is 9.53 Å². The van der Waals surface area contributed by atoms with E-state index >= 15 is 0 Å². The van der Waals surface area contributed by atoms with Crippen LogP contribution in [-0.2, 0) is 4.74 Å². The van der Waals surface area contributed by atoms with Gasteiger partial charge in [0.15, 0.2) is 0 Å². The van der Waals surface area contributed by atoms with Crippen molar-refractivity contribution in [3.8, 4) is 0 Å². The first-order chi connectivity index (χ1) is 9.71. The number of hydrogen-bond acceptors (Lipinski definition) is 3. The van der Waals surface area contributed by atoms with Gasteiger partial charge in [-0.05, 0) is 75.7 Å². The Morgan fingerprint density at radius 3 is 2.30 bits per heavy atom. The maximum Gasteiger partial charge on any atom is 0.407 e. The second-order valence-corrected chi connectivity index (χ2v) is 7.70. The van der Waals surface area contributed by atoms with Crippen LogP contribution >= 0.6 is 0 Å². The van der Waals surface area contributed by atoms with Crippen molar-refractivity contribution in [1.82, 2.24) is 10.6 Å². The summed E-state index contributed by atoms with van der Waals surface area (Å²) >= 11 is 0. The van der Waals surface area contributed by atoms with Gasteiger partial charge in [-0.1, -0.05) is 0 Å². The van der Waals surface area contributed by atoms with Crippen LogP contribution in [0.2, 0.25) is 0 Å². The van der Waals surface area contributed by atoms with Gasteiger partial charge in [0.25, 0.3) is 0 Å². The van der Waals surface area contributed by atoms with E-state index in [0.717, 1.165) is 43.7 Å². The van der Waals surface area contributed by atoms with Gasteiger partial charge < -0.3 is 15.4 Å². The molecule has 4 saturated carbocycles. The van der Waals surface area contributed by atoms with Crippen molar-refractivity contribution >= 4 is 6.09 Å². The van der Waals surface area contributed by atoms with Crippen LogP contribution in [0, 0.1) is 17.8 Å². The zero-order chi connectivity index (χ0) is 13.6. The minimum Gasteiger partial charge on any atom is -0.445 e. The zero-order valence-electron chi connectivity index (χ0n) is 12.2. The molecule has 0 aromatic heterocycles. The monoisotopic (exact) mass is 278 g/mol. The summed E-state index contributed by atoms with van der Waals surface area (Å²) < 4.78 is 5.62. The normalized spacial score (nSPS) is 46.2. The van der Waals surface area contributed by atoms with Crippen LogP contribution in [0.25, 0.3) is 0 Å². The molecular weight excluding hydrogens is 252 g/mol. The number of alkyl carbamates (subject to hydrolysis) is 1. The average Bonchev–Trinajstić information content (AvgIpc) is 2.37. The van der Waals surface area contributed by atoms with Crippen LogP contribution < -0.4 is 10.6 Å². The molecule has 4 heteroatoms. The summed E-state index contributed by atoms with van der Waals surface area (Å²) in [5.41, 5.74) is 0.0773. The highest BCUT2D eigenvalue weighted by Gasteiger charge is 2.51. The van der Waals surface area contributed by atoms with Gasteiger partial charge in [0.1, 0.15) is 6.10 Å². The van der Waals surface area contributed by atoms with E-state index in [-0.39, 0.29) is 17.7 Å². The van der Waals surface area contributed by atoms with Crippen molar-refractivity contribution in [2.75, 3.05) is 13.1 Å². The van der Waals surface area contributed by atoms with E-state index in [4.69, 9.17) is 4.74 Å². The van der Waals surface area contributed by atoms with Crippen LogP contribution in [0.3, 0.4) is 0 Å². The summed E-state index contributed by atoms with van der Waals surface area (Å²) in [6.45, 7) is 1.87. The predicted molar refractivity (Wildman–Crippen MR) is 76.4 cm³/mol. The molecule has 0 aromatic rings. The van der Waals surface area contributed by atoms with Crippen molar-refractivity contribution in [1.29, 1.82) is 0 Å². The standard InChI is InChI=1S/C16H26N2O2/c19-15(20-14-2-1-3-17-10-14)18-16-7-11-4-12(8-16)6-13(5-11)9-16/h11-14,17H,1-10H2,(H,18,19). The molecule has 5 fully saturated rings. The van der Waals surface area contributed by atoms with Crippen molar-refractivity contribution in [2.24, 2.45) is 17.8 Å². The number of ether oxygens (including phenoxy) is 1. The van der Waals surface area contributed by atoms with E-state index in [2.05, 4.69) is 10.6 Å². The second kappa shape index (κ2) is 4.90. The highest BCUT2D eigenvalue weighted by molar-refractivity contribution is 5.68. The SMILES string of the molecule is O=C(NC12CC3CC(CC(C3)C1)C2)OC1CCCNC1. The summed E-state index contributed by atoms with van der Waals surface area (Å²) in [5, 5.41) is 6.58. The number of piperidine rings is 1. The first kappa shape index (κ1) is 12.9. The maximum atomic E-state index is 12.2. The van der Waals surface area contributed by atoms with Gasteiger partial charge in [-0.25, -0.2) is 4.79 Å². The lowest BCUT2D eigenvalue weighted by atomic mass is 9.53. The van der Waals surface area contributed by atoms with Crippen molar-refractivity contribution in [3.63, 3.8) is 0 Å². The summed E-state index contributed by atoms with van der Waals surface area (Å²) in [6, 6.07) is 0. The van der Waals surface area contributed by atoms with Gasteiger partial charge in [-0.3, -0.25) is 0 Å². The molecule has 1 heterocycles. The van der Waals surface area contributed by atoms with E-state index in [1.54, 1.807) is 0 Å². The minimum atomic E-state index is -0.166. The van der Waals surface area contributed by atoms with Crippen LogP contribution in [0.5, 0.6) is 0 Å². The number of hydrogen-bond donors (Lipinski definition) is 2. The van der Waals surface area contributed by atoms with Crippen LogP contribution in [0.15, 0.2) is 0 Å². The molecule has 5 aliphatic rings. The van der Waals surface area contributed by atoms with E-state index in [1.165, 1.54) is 38.5 Å². The Morgan fingerprint density at radius 2 is 1.75 bits per heavy atom. The third-order valence-corrected chi connectivity index (χ3v) is 5.93. The fourth-order valence-corrected chi connectivity index (χ4v) is 5.58. The van der Waals surface area contributed by atoms with Crippen LogP contribution in [0.1, 0.15) is 51.4 Å². The Kier molecular flexibility index (Phi) is 3.17. The van der Waals surface area contributed by atoms with Gasteiger partial charge >= 0.3 is 6.09 Å². The van der Waals surface area contributed by atoms with Crippen LogP contribution in [-0.4, -0.2) is 30.8 Å². The zero-order valence-corrected chi connectivity index (χ0v) is 12.2. The van der Waals surface area contributed by atoms with Gasteiger partial charge in [0.05, 0.1) is 0 Å². The molecule has 4 aliphatic carbocycles. The quantitative estimate of drug-likeness (QED) is 0.815. The van der Waals surface area contributed by atoms with Crippen molar-refractivity contribution in [3.05, 3.63) is 0 Å². The number of nitrogens with one attached hydrogen (secondary N) is 2. The molecule has 0 aromatic carbocycles. The summed E-state index contributed by atoms with van der Waals surface area (Å²) in [4.78, 5) is 12.2. The van der Waals surface area contributed by atoms with Crippen LogP contribution in [0.4, 0.5) is 4.79 Å². The van der Waals surface area contributed by atoms with E-state index < -0.39 is 0 Å². The molecule has 0 spiro atoms. The third kappa shape index (κ3) is 2.43. The molecule has 5 rings (SSSR count). The second-order valence-electron chi connectivity index (χ2n) is 7.70. The smallest absolute Gasteiger partial charge is 0.407 e. The topological polar surface area (TPSA) is 50.4 Å². The summed E-state index contributed by atoms with van der Waals surface area (Å²) in [6.07, 6.45) is 9.80. The van der Waals surface area contributed by atoms with Gasteiger partial charge in [0, 0.05) is 12.1 Å². The molecule has 20 heavy (non-hydrogen) atoms. The Morgan fingerprint density at radius 1 is 1.10 bits per heavy atom. The lowest BCUT2D eigenvalue weighted by molar-refractivity contribution is -0.0228. The summed E-state index contributed by atoms with van der Waals surface area (Å²) in [5.74, 6) is 2.58. The Balaban J connectivity index is 1.37. The predicted octanol–water partition coefficient (Wildman–Crippen LogP) is 2.43. The highest BCUT2D eigenvalue weighted by atomic mass is 16.6. The molecule has 1 saturated heterocycles. The first-order valence-corrected chi connectivity index (χ1v) is 8.40. The minimum absolute atomic E-state index is 0.0673. The molecule has 2 N–H and O–H groups in total. The largest absolute Gasteiger partial charge is 0.445 e. The van der Waals surface area contributed by atoms with Crippen molar-refractivity contribution in [2.45, 2.75) is 63.0 Å². The molecule has 1 amide bonds. The number of rotatable bonds is 2. The molecule has 1 aliphatic heterocycles. The number of carbonyl (C=O) groups is 1. The lowest BCUT2D eigenvalue weighted by Crippen LogP contribution is -2.60. The molecule has 4 bridgehead atoms. The fraction of sp³-hybridized carbons (Fsp3) is 0.938. The molecular formula is C16H26N2O2. The molecule has 1 unspecified atom stereocenters. The van der Waals surface area contributed by atoms with Gasteiger partial charge in [0.2, 0.25) is 0 Å². The van der Waals surface area contributed by atoms with E-state index in [0.29, 0.717) is 0 Å². The lowest BCUT2D eigenvalue weighted by Gasteiger charge is -2.56. The van der Waals surface area contributed by atoms with E-state index in [1.807, 2.05) is 0 Å². The molecule has 4 nitrogen and oxygen atoms in total. The maximum absolute atomic E-state index is 12.2. The Labute approximate surface area is 121 Å². The highest BCUT2D eigenvalue weighted by Crippen LogP contribution is 2.55. The Bertz CT molecular complexity index is 355. The van der Waals surface area contributed by atoms with Gasteiger partial charge in [-0.2, -0.15) is 0 Å². The first-order valence-electron chi connectivity index (χ1n) is 8.40. The summed E-state index contributed by atoms with van der Waals surface area (Å²) in [7, 11) is 0. The van der Waals surface area contributed by atoms with E-state index in [9.17, 15) is 4.79 Å². The number of carbonyl (C=O) groups excluding carboxylic acids is 1. The number of amides is 1. The molecule has 0 radical (unpaired) electrons. The molecule has 112 valence electrons. The Hall–Kier alpha value is -0.770.